The van der Waals surface area contributed by atoms with Crippen LogP contribution in [0.3, 0.4) is 0 Å². The van der Waals surface area contributed by atoms with Gasteiger partial charge in [0.15, 0.2) is 23.0 Å². The Balaban J connectivity index is 1.38. The zero-order valence-corrected chi connectivity index (χ0v) is 18.0. The molecule has 156 valence electrons. The molecule has 3 aromatic rings. The first-order valence-electron chi connectivity index (χ1n) is 9.45. The van der Waals surface area contributed by atoms with Crippen LogP contribution in [0.1, 0.15) is 16.7 Å². The molecule has 0 fully saturated rings. The summed E-state index contributed by atoms with van der Waals surface area (Å²) in [6, 6.07) is 16.1. The first-order valence-corrected chi connectivity index (χ1v) is 10.2. The minimum Gasteiger partial charge on any atom is -0.493 e. The largest absolute Gasteiger partial charge is 0.493 e. The molecule has 3 aromatic carbocycles. The van der Waals surface area contributed by atoms with Crippen LogP contribution < -0.4 is 24.3 Å². The van der Waals surface area contributed by atoms with Gasteiger partial charge in [-0.15, -0.1) is 0 Å². The van der Waals surface area contributed by atoms with Gasteiger partial charge in [-0.1, -0.05) is 18.2 Å². The van der Waals surface area contributed by atoms with Gasteiger partial charge in [0.2, 0.25) is 6.79 Å². The molecule has 0 atom stereocenters. The summed E-state index contributed by atoms with van der Waals surface area (Å²) in [4.78, 5) is 0. The molecule has 1 aliphatic rings. The van der Waals surface area contributed by atoms with Crippen LogP contribution in [0.25, 0.3) is 0 Å². The summed E-state index contributed by atoms with van der Waals surface area (Å²) in [5.41, 5.74) is 3.04. The molecular formula is C23H21BrFNO4. The zero-order valence-electron chi connectivity index (χ0n) is 16.4. The summed E-state index contributed by atoms with van der Waals surface area (Å²) in [6.07, 6.45) is 0. The lowest BCUT2D eigenvalue weighted by Gasteiger charge is -2.15. The number of methoxy groups -OCH3 is 1. The molecule has 7 heteroatoms. The van der Waals surface area contributed by atoms with Gasteiger partial charge in [-0.25, -0.2) is 4.39 Å². The molecule has 0 unspecified atom stereocenters. The van der Waals surface area contributed by atoms with Crippen LogP contribution in [0.4, 0.5) is 4.39 Å². The number of rotatable bonds is 8. The van der Waals surface area contributed by atoms with E-state index in [1.54, 1.807) is 19.2 Å². The molecule has 0 amide bonds. The summed E-state index contributed by atoms with van der Waals surface area (Å²) >= 11 is 3.57. The molecule has 0 aromatic heterocycles. The molecule has 5 nitrogen and oxygen atoms in total. The van der Waals surface area contributed by atoms with Gasteiger partial charge in [-0.2, -0.15) is 0 Å². The maximum atomic E-state index is 13.1. The van der Waals surface area contributed by atoms with E-state index in [2.05, 4.69) is 21.2 Å². The number of nitrogens with one attached hydrogen (secondary N) is 1. The van der Waals surface area contributed by atoms with E-state index in [0.29, 0.717) is 31.2 Å². The third kappa shape index (κ3) is 4.86. The SMILES string of the molecule is COc1cc(CNCc2ccc3c(c2)OCO3)cc(Br)c1OCc1ccc(F)cc1. The first-order chi connectivity index (χ1) is 14.6. The van der Waals surface area contributed by atoms with Crippen molar-refractivity contribution in [2.24, 2.45) is 0 Å². The molecular weight excluding hydrogens is 453 g/mol. The van der Waals surface area contributed by atoms with E-state index >= 15 is 0 Å². The molecule has 0 saturated heterocycles. The van der Waals surface area contributed by atoms with Crippen LogP contribution in [-0.4, -0.2) is 13.9 Å². The van der Waals surface area contributed by atoms with E-state index in [-0.39, 0.29) is 12.6 Å². The van der Waals surface area contributed by atoms with Crippen molar-refractivity contribution in [2.45, 2.75) is 19.7 Å². The Kier molecular flexibility index (Phi) is 6.40. The summed E-state index contributed by atoms with van der Waals surface area (Å²) in [6.45, 7) is 1.94. The van der Waals surface area contributed by atoms with E-state index in [9.17, 15) is 4.39 Å². The Labute approximate surface area is 182 Å². The van der Waals surface area contributed by atoms with Crippen molar-refractivity contribution >= 4 is 15.9 Å². The fourth-order valence-corrected chi connectivity index (χ4v) is 3.76. The predicted molar refractivity (Wildman–Crippen MR) is 115 cm³/mol. The highest BCUT2D eigenvalue weighted by Crippen LogP contribution is 2.37. The molecule has 30 heavy (non-hydrogen) atoms. The summed E-state index contributed by atoms with van der Waals surface area (Å²) in [5, 5.41) is 3.42. The Hall–Kier alpha value is -2.77. The smallest absolute Gasteiger partial charge is 0.231 e. The monoisotopic (exact) mass is 473 g/mol. The van der Waals surface area contributed by atoms with Gasteiger partial charge in [0.05, 0.1) is 11.6 Å². The fraction of sp³-hybridized carbons (Fsp3) is 0.217. The fourth-order valence-electron chi connectivity index (χ4n) is 3.15. The van der Waals surface area contributed by atoms with Crippen LogP contribution in [-0.2, 0) is 19.7 Å². The predicted octanol–water partition coefficient (Wildman–Crippen LogP) is 5.19. The van der Waals surface area contributed by atoms with E-state index in [1.165, 1.54) is 12.1 Å². The van der Waals surface area contributed by atoms with E-state index in [1.807, 2.05) is 30.3 Å². The minimum absolute atomic E-state index is 0.268. The number of halogens is 2. The van der Waals surface area contributed by atoms with Gasteiger partial charge >= 0.3 is 0 Å². The van der Waals surface area contributed by atoms with E-state index in [0.717, 1.165) is 32.7 Å². The van der Waals surface area contributed by atoms with Crippen molar-refractivity contribution in [1.82, 2.24) is 5.32 Å². The Morgan fingerprint density at radius 2 is 1.67 bits per heavy atom. The number of ether oxygens (including phenoxy) is 4. The van der Waals surface area contributed by atoms with Gasteiger partial charge in [0, 0.05) is 13.1 Å². The summed E-state index contributed by atoms with van der Waals surface area (Å²) in [5.74, 6) is 2.54. The molecule has 1 N–H and O–H groups in total. The second kappa shape index (κ2) is 9.36. The molecule has 1 aliphatic heterocycles. The second-order valence-electron chi connectivity index (χ2n) is 6.82. The lowest BCUT2D eigenvalue weighted by atomic mass is 10.1. The average molecular weight is 474 g/mol. The lowest BCUT2D eigenvalue weighted by Crippen LogP contribution is -2.13. The van der Waals surface area contributed by atoms with Crippen molar-refractivity contribution < 1.29 is 23.3 Å². The molecule has 1 heterocycles. The van der Waals surface area contributed by atoms with E-state index in [4.69, 9.17) is 18.9 Å². The van der Waals surface area contributed by atoms with Crippen LogP contribution in [0.2, 0.25) is 0 Å². The minimum atomic E-state index is -0.268. The van der Waals surface area contributed by atoms with Crippen molar-refractivity contribution in [3.63, 3.8) is 0 Å². The maximum absolute atomic E-state index is 13.1. The highest BCUT2D eigenvalue weighted by atomic mass is 79.9. The third-order valence-electron chi connectivity index (χ3n) is 4.68. The quantitative estimate of drug-likeness (QED) is 0.487. The van der Waals surface area contributed by atoms with Crippen molar-refractivity contribution in [2.75, 3.05) is 13.9 Å². The molecule has 0 radical (unpaired) electrons. The van der Waals surface area contributed by atoms with Gasteiger partial charge in [0.25, 0.3) is 0 Å². The number of fused-ring (bicyclic) bond motifs is 1. The molecule has 4 rings (SSSR count). The Morgan fingerprint density at radius 1 is 0.933 bits per heavy atom. The van der Waals surface area contributed by atoms with Crippen molar-refractivity contribution in [3.8, 4) is 23.0 Å². The van der Waals surface area contributed by atoms with Gasteiger partial charge in [-0.05, 0) is 69.0 Å². The van der Waals surface area contributed by atoms with Crippen molar-refractivity contribution in [1.29, 1.82) is 0 Å². The van der Waals surface area contributed by atoms with Crippen LogP contribution in [0, 0.1) is 5.82 Å². The number of hydrogen-bond acceptors (Lipinski definition) is 5. The van der Waals surface area contributed by atoms with Crippen LogP contribution in [0.5, 0.6) is 23.0 Å². The molecule has 0 bridgehead atoms. The summed E-state index contributed by atoms with van der Waals surface area (Å²) < 4.78 is 36.0. The topological polar surface area (TPSA) is 49.0 Å². The van der Waals surface area contributed by atoms with Gasteiger partial charge in [-0.3, -0.25) is 0 Å². The zero-order chi connectivity index (χ0) is 20.9. The van der Waals surface area contributed by atoms with Crippen LogP contribution >= 0.6 is 15.9 Å². The lowest BCUT2D eigenvalue weighted by molar-refractivity contribution is 0.174. The number of benzene rings is 3. The number of hydrogen-bond donors (Lipinski definition) is 1. The van der Waals surface area contributed by atoms with Gasteiger partial charge in [0.1, 0.15) is 12.4 Å². The van der Waals surface area contributed by atoms with Crippen LogP contribution in [0.15, 0.2) is 59.1 Å². The highest BCUT2D eigenvalue weighted by Gasteiger charge is 2.14. The average Bonchev–Trinajstić information content (AvgIpc) is 3.22. The highest BCUT2D eigenvalue weighted by molar-refractivity contribution is 9.10. The molecule has 0 spiro atoms. The normalized spacial score (nSPS) is 12.1. The Bertz CT molecular complexity index is 1030. The molecule has 0 aliphatic carbocycles. The molecule has 0 saturated carbocycles. The summed E-state index contributed by atoms with van der Waals surface area (Å²) in [7, 11) is 1.61. The maximum Gasteiger partial charge on any atom is 0.231 e. The van der Waals surface area contributed by atoms with Gasteiger partial charge < -0.3 is 24.3 Å². The Morgan fingerprint density at radius 3 is 2.47 bits per heavy atom. The van der Waals surface area contributed by atoms with E-state index < -0.39 is 0 Å². The third-order valence-corrected chi connectivity index (χ3v) is 5.27. The first kappa shape index (κ1) is 20.5. The van der Waals surface area contributed by atoms with Crippen molar-refractivity contribution in [3.05, 3.63) is 81.6 Å². The standard InChI is InChI=1S/C23H21BrFNO4/c1-27-22-10-17(12-26-11-16-4-7-20-21(9-16)30-14-29-20)8-19(24)23(22)28-13-15-2-5-18(25)6-3-15/h2-10,26H,11-14H2,1H3. The second-order valence-corrected chi connectivity index (χ2v) is 7.67.